The molecule has 0 unspecified atom stereocenters. The zero-order valence-corrected chi connectivity index (χ0v) is 17.8. The van der Waals surface area contributed by atoms with Crippen molar-refractivity contribution in [1.29, 1.82) is 0 Å². The van der Waals surface area contributed by atoms with Gasteiger partial charge in [-0.15, -0.1) is 0 Å². The predicted molar refractivity (Wildman–Crippen MR) is 111 cm³/mol. The number of aromatic nitrogens is 2. The number of hydrogen-bond acceptors (Lipinski definition) is 5. The van der Waals surface area contributed by atoms with Gasteiger partial charge in [0.15, 0.2) is 0 Å². The van der Waals surface area contributed by atoms with Crippen molar-refractivity contribution in [3.8, 4) is 0 Å². The first-order valence-electron chi connectivity index (χ1n) is 10.1. The second-order valence-electron chi connectivity index (χ2n) is 7.00. The van der Waals surface area contributed by atoms with Crippen LogP contribution in [0.4, 0.5) is 0 Å². The number of hydrogen-bond donors (Lipinski definition) is 1. The van der Waals surface area contributed by atoms with E-state index in [-0.39, 0.29) is 36.2 Å². The van der Waals surface area contributed by atoms with E-state index in [1.54, 1.807) is 52.2 Å². The SMILES string of the molecule is CCn1nccc1C(=O)N1CCCN(S(=O)(=O)c2ccccc2)CCC(=O)NCC1. The summed E-state index contributed by atoms with van der Waals surface area (Å²) in [6.07, 6.45) is 2.12. The minimum Gasteiger partial charge on any atom is -0.354 e. The van der Waals surface area contributed by atoms with E-state index >= 15 is 0 Å². The first kappa shape index (κ1) is 22.0. The molecule has 0 atom stereocenters. The van der Waals surface area contributed by atoms with Crippen molar-refractivity contribution in [1.82, 2.24) is 24.3 Å². The van der Waals surface area contributed by atoms with Crippen LogP contribution in [0.5, 0.6) is 0 Å². The number of sulfonamides is 1. The molecule has 9 nitrogen and oxygen atoms in total. The van der Waals surface area contributed by atoms with Gasteiger partial charge in [-0.25, -0.2) is 8.42 Å². The van der Waals surface area contributed by atoms with Gasteiger partial charge in [-0.3, -0.25) is 14.3 Å². The van der Waals surface area contributed by atoms with Gasteiger partial charge in [-0.2, -0.15) is 9.40 Å². The third kappa shape index (κ3) is 5.06. The summed E-state index contributed by atoms with van der Waals surface area (Å²) in [6.45, 7) is 3.84. The summed E-state index contributed by atoms with van der Waals surface area (Å²) < 4.78 is 29.0. The van der Waals surface area contributed by atoms with Crippen LogP contribution < -0.4 is 5.32 Å². The van der Waals surface area contributed by atoms with Crippen molar-refractivity contribution in [3.05, 3.63) is 48.3 Å². The Morgan fingerprint density at radius 3 is 2.60 bits per heavy atom. The molecule has 0 saturated carbocycles. The second-order valence-corrected chi connectivity index (χ2v) is 8.93. The Morgan fingerprint density at radius 1 is 1.10 bits per heavy atom. The summed E-state index contributed by atoms with van der Waals surface area (Å²) >= 11 is 0. The van der Waals surface area contributed by atoms with Gasteiger partial charge in [-0.1, -0.05) is 18.2 Å². The lowest BCUT2D eigenvalue weighted by Crippen LogP contribution is -2.40. The van der Waals surface area contributed by atoms with Crippen LogP contribution in [0, 0.1) is 0 Å². The molecule has 1 fully saturated rings. The van der Waals surface area contributed by atoms with E-state index in [1.165, 1.54) is 4.31 Å². The van der Waals surface area contributed by atoms with Crippen molar-refractivity contribution in [2.24, 2.45) is 0 Å². The lowest BCUT2D eigenvalue weighted by molar-refractivity contribution is -0.121. The monoisotopic (exact) mass is 433 g/mol. The Hall–Kier alpha value is -2.72. The fraction of sp³-hybridized carbons (Fsp3) is 0.450. The molecule has 0 bridgehead atoms. The number of rotatable bonds is 4. The summed E-state index contributed by atoms with van der Waals surface area (Å²) in [5.41, 5.74) is 0.479. The van der Waals surface area contributed by atoms with Gasteiger partial charge in [0, 0.05) is 51.9 Å². The van der Waals surface area contributed by atoms with Crippen LogP contribution in [-0.4, -0.2) is 71.9 Å². The van der Waals surface area contributed by atoms with Crippen LogP contribution in [0.25, 0.3) is 0 Å². The Labute approximate surface area is 176 Å². The highest BCUT2D eigenvalue weighted by molar-refractivity contribution is 7.89. The number of nitrogens with one attached hydrogen (secondary N) is 1. The van der Waals surface area contributed by atoms with E-state index in [0.29, 0.717) is 38.3 Å². The van der Waals surface area contributed by atoms with Gasteiger partial charge in [0.1, 0.15) is 5.69 Å². The molecule has 30 heavy (non-hydrogen) atoms. The molecule has 1 saturated heterocycles. The first-order chi connectivity index (χ1) is 14.4. The fourth-order valence-corrected chi connectivity index (χ4v) is 4.92. The molecule has 0 spiro atoms. The highest BCUT2D eigenvalue weighted by Crippen LogP contribution is 2.17. The van der Waals surface area contributed by atoms with Crippen LogP contribution in [0.2, 0.25) is 0 Å². The molecule has 1 aromatic carbocycles. The van der Waals surface area contributed by atoms with Gasteiger partial charge < -0.3 is 10.2 Å². The number of amides is 2. The maximum Gasteiger partial charge on any atom is 0.272 e. The molecule has 1 N–H and O–H groups in total. The lowest BCUT2D eigenvalue weighted by atomic mass is 10.3. The molecule has 162 valence electrons. The van der Waals surface area contributed by atoms with E-state index in [1.807, 2.05) is 6.92 Å². The normalized spacial score (nSPS) is 17.2. The standard InChI is InChI=1S/C20H27N5O4S/c1-2-25-18(9-11-22-25)20(27)23-13-6-14-24(15-10-19(26)21-12-16-23)30(28,29)17-7-4-3-5-8-17/h3-5,7-9,11H,2,6,10,12-16H2,1H3,(H,21,26). The molecule has 2 heterocycles. The minimum atomic E-state index is -3.72. The van der Waals surface area contributed by atoms with Crippen molar-refractivity contribution in [2.75, 3.05) is 32.7 Å². The zero-order chi connectivity index (χ0) is 21.6. The van der Waals surface area contributed by atoms with E-state index in [0.717, 1.165) is 0 Å². The minimum absolute atomic E-state index is 0.0720. The fourth-order valence-electron chi connectivity index (χ4n) is 3.42. The Balaban J connectivity index is 1.78. The summed E-state index contributed by atoms with van der Waals surface area (Å²) in [5.74, 6) is -0.420. The van der Waals surface area contributed by atoms with E-state index in [2.05, 4.69) is 10.4 Å². The van der Waals surface area contributed by atoms with Gasteiger partial charge in [0.2, 0.25) is 15.9 Å². The molecule has 0 radical (unpaired) electrons. The van der Waals surface area contributed by atoms with Gasteiger partial charge in [0.05, 0.1) is 4.90 Å². The topological polar surface area (TPSA) is 105 Å². The van der Waals surface area contributed by atoms with Gasteiger partial charge in [-0.05, 0) is 31.5 Å². The van der Waals surface area contributed by atoms with E-state index in [9.17, 15) is 18.0 Å². The molecule has 1 aliphatic rings. The highest BCUT2D eigenvalue weighted by atomic mass is 32.2. The lowest BCUT2D eigenvalue weighted by Gasteiger charge is -2.25. The summed E-state index contributed by atoms with van der Waals surface area (Å²) in [7, 11) is -3.72. The first-order valence-corrected chi connectivity index (χ1v) is 11.5. The summed E-state index contributed by atoms with van der Waals surface area (Å²) in [6, 6.07) is 9.85. The number of aryl methyl sites for hydroxylation is 1. The maximum absolute atomic E-state index is 13.0. The van der Waals surface area contributed by atoms with E-state index in [4.69, 9.17) is 0 Å². The average molecular weight is 434 g/mol. The second kappa shape index (κ2) is 9.86. The third-order valence-electron chi connectivity index (χ3n) is 5.03. The van der Waals surface area contributed by atoms with Crippen molar-refractivity contribution in [2.45, 2.75) is 31.2 Å². The molecular formula is C20H27N5O4S. The van der Waals surface area contributed by atoms with Crippen molar-refractivity contribution in [3.63, 3.8) is 0 Å². The molecule has 3 rings (SSSR count). The smallest absolute Gasteiger partial charge is 0.272 e. The predicted octanol–water partition coefficient (Wildman–Crippen LogP) is 0.946. The summed E-state index contributed by atoms with van der Waals surface area (Å²) in [5, 5.41) is 6.92. The van der Waals surface area contributed by atoms with Crippen LogP contribution >= 0.6 is 0 Å². The van der Waals surface area contributed by atoms with Gasteiger partial charge >= 0.3 is 0 Å². The van der Waals surface area contributed by atoms with E-state index < -0.39 is 10.0 Å². The molecule has 2 amide bonds. The number of nitrogens with zero attached hydrogens (tertiary/aromatic N) is 4. The molecule has 1 aliphatic heterocycles. The van der Waals surface area contributed by atoms with Crippen LogP contribution in [0.1, 0.15) is 30.3 Å². The molecule has 10 heteroatoms. The third-order valence-corrected chi connectivity index (χ3v) is 6.94. The number of carbonyl (C=O) groups is 2. The molecule has 1 aromatic heterocycles. The van der Waals surface area contributed by atoms with Crippen LogP contribution in [-0.2, 0) is 21.4 Å². The zero-order valence-electron chi connectivity index (χ0n) is 17.0. The quantitative estimate of drug-likeness (QED) is 0.773. The number of benzene rings is 1. The molecular weight excluding hydrogens is 406 g/mol. The summed E-state index contributed by atoms with van der Waals surface area (Å²) in [4.78, 5) is 27.0. The largest absolute Gasteiger partial charge is 0.354 e. The average Bonchev–Trinajstić information content (AvgIpc) is 3.22. The Kier molecular flexibility index (Phi) is 7.22. The molecule has 0 aliphatic carbocycles. The Bertz CT molecular complexity index is 974. The van der Waals surface area contributed by atoms with Gasteiger partial charge in [0.25, 0.3) is 5.91 Å². The maximum atomic E-state index is 13.0. The van der Waals surface area contributed by atoms with Crippen LogP contribution in [0.3, 0.4) is 0 Å². The number of carbonyl (C=O) groups excluding carboxylic acids is 2. The molecule has 2 aromatic rings. The van der Waals surface area contributed by atoms with Crippen LogP contribution in [0.15, 0.2) is 47.5 Å². The highest BCUT2D eigenvalue weighted by Gasteiger charge is 2.26. The Morgan fingerprint density at radius 2 is 1.87 bits per heavy atom. The van der Waals surface area contributed by atoms with Crippen molar-refractivity contribution < 1.29 is 18.0 Å². The van der Waals surface area contributed by atoms with Crippen molar-refractivity contribution >= 4 is 21.8 Å².